The van der Waals surface area contributed by atoms with Crippen molar-refractivity contribution in [2.75, 3.05) is 25.4 Å². The quantitative estimate of drug-likeness (QED) is 0.501. The van der Waals surface area contributed by atoms with Gasteiger partial charge in [0, 0.05) is 6.54 Å². The Balaban J connectivity index is 2.18. The Morgan fingerprint density at radius 1 is 1.45 bits per heavy atom. The van der Waals surface area contributed by atoms with Crippen molar-refractivity contribution in [3.05, 3.63) is 12.7 Å². The number of hydrogen-bond acceptors (Lipinski definition) is 2. The fraction of sp³-hybridized carbons (Fsp3) is 0.778. The van der Waals surface area contributed by atoms with Gasteiger partial charge in [-0.1, -0.05) is 6.08 Å². The van der Waals surface area contributed by atoms with Gasteiger partial charge in [0.25, 0.3) is 0 Å². The minimum absolute atomic E-state index is 0.861. The van der Waals surface area contributed by atoms with Gasteiger partial charge in [0.05, 0.1) is 0 Å². The van der Waals surface area contributed by atoms with Crippen molar-refractivity contribution in [2.24, 2.45) is 5.92 Å². The highest BCUT2D eigenvalue weighted by Gasteiger charge is 2.16. The van der Waals surface area contributed by atoms with Crippen LogP contribution in [0.25, 0.3) is 0 Å². The minimum Gasteiger partial charge on any atom is -0.300 e. The topological polar surface area (TPSA) is 3.24 Å². The molecule has 11 heavy (non-hydrogen) atoms. The average molecular weight is 171 g/mol. The number of nitrogens with zero attached hydrogens (tertiary/aromatic N) is 1. The average Bonchev–Trinajstić information content (AvgIpc) is 2.07. The standard InChI is InChI=1S/C9H17NS/c1-2-5-10-6-3-9(8-11)4-7-10/h2,9,11H,1,3-8H2. The van der Waals surface area contributed by atoms with Crippen LogP contribution in [-0.4, -0.2) is 30.3 Å². The van der Waals surface area contributed by atoms with E-state index in [-0.39, 0.29) is 0 Å². The number of hydrogen-bond donors (Lipinski definition) is 1. The molecule has 1 aliphatic heterocycles. The van der Waals surface area contributed by atoms with Gasteiger partial charge < -0.3 is 0 Å². The summed E-state index contributed by atoms with van der Waals surface area (Å²) in [6.45, 7) is 7.26. The van der Waals surface area contributed by atoms with Crippen LogP contribution in [0.15, 0.2) is 12.7 Å². The lowest BCUT2D eigenvalue weighted by atomic mass is 9.99. The molecule has 0 aromatic heterocycles. The second-order valence-corrected chi connectivity index (χ2v) is 3.58. The molecule has 0 spiro atoms. The molecular formula is C9H17NS. The van der Waals surface area contributed by atoms with Gasteiger partial charge >= 0.3 is 0 Å². The summed E-state index contributed by atoms with van der Waals surface area (Å²) in [4.78, 5) is 2.45. The van der Waals surface area contributed by atoms with E-state index < -0.39 is 0 Å². The SMILES string of the molecule is C=CCN1CCC(CS)CC1. The van der Waals surface area contributed by atoms with Crippen molar-refractivity contribution in [3.8, 4) is 0 Å². The molecule has 0 radical (unpaired) electrons. The summed E-state index contributed by atoms with van der Waals surface area (Å²) in [5.41, 5.74) is 0. The first-order valence-electron chi connectivity index (χ1n) is 4.31. The van der Waals surface area contributed by atoms with Crippen molar-refractivity contribution in [3.63, 3.8) is 0 Å². The normalized spacial score (nSPS) is 21.9. The van der Waals surface area contributed by atoms with Crippen LogP contribution < -0.4 is 0 Å². The fourth-order valence-corrected chi connectivity index (χ4v) is 1.90. The summed E-state index contributed by atoms with van der Waals surface area (Å²) in [6, 6.07) is 0. The predicted molar refractivity (Wildman–Crippen MR) is 53.2 cm³/mol. The van der Waals surface area contributed by atoms with Crippen molar-refractivity contribution >= 4 is 12.6 Å². The maximum atomic E-state index is 4.31. The molecule has 0 aromatic carbocycles. The molecule has 1 aliphatic rings. The summed E-state index contributed by atoms with van der Waals surface area (Å²) < 4.78 is 0. The van der Waals surface area contributed by atoms with Gasteiger partial charge in [-0.05, 0) is 37.6 Å². The van der Waals surface area contributed by atoms with E-state index in [0.29, 0.717) is 0 Å². The molecule has 1 nitrogen and oxygen atoms in total. The van der Waals surface area contributed by atoms with E-state index in [9.17, 15) is 0 Å². The summed E-state index contributed by atoms with van der Waals surface area (Å²) in [7, 11) is 0. The van der Waals surface area contributed by atoms with Crippen LogP contribution in [0, 0.1) is 5.92 Å². The van der Waals surface area contributed by atoms with Crippen LogP contribution in [0.3, 0.4) is 0 Å². The fourth-order valence-electron chi connectivity index (χ4n) is 1.53. The molecule has 0 saturated carbocycles. The van der Waals surface area contributed by atoms with Gasteiger partial charge in [0.2, 0.25) is 0 Å². The van der Waals surface area contributed by atoms with E-state index in [1.807, 2.05) is 6.08 Å². The Morgan fingerprint density at radius 3 is 2.55 bits per heavy atom. The summed E-state index contributed by atoms with van der Waals surface area (Å²) in [5, 5.41) is 0. The Bertz CT molecular complexity index is 117. The molecule has 0 unspecified atom stereocenters. The molecule has 1 heterocycles. The molecule has 2 heteroatoms. The molecule has 0 aromatic rings. The van der Waals surface area contributed by atoms with Gasteiger partial charge in [-0.2, -0.15) is 12.6 Å². The molecule has 0 bridgehead atoms. The van der Waals surface area contributed by atoms with E-state index in [2.05, 4.69) is 24.1 Å². The Kier molecular flexibility index (Phi) is 4.02. The molecule has 1 fully saturated rings. The summed E-state index contributed by atoms with van der Waals surface area (Å²) in [6.07, 6.45) is 4.62. The molecule has 0 amide bonds. The van der Waals surface area contributed by atoms with Crippen molar-refractivity contribution in [2.45, 2.75) is 12.8 Å². The third-order valence-corrected chi connectivity index (χ3v) is 2.87. The lowest BCUT2D eigenvalue weighted by Gasteiger charge is -2.30. The van der Waals surface area contributed by atoms with Crippen molar-refractivity contribution in [1.29, 1.82) is 0 Å². The molecule has 64 valence electrons. The zero-order chi connectivity index (χ0) is 8.10. The number of rotatable bonds is 3. The van der Waals surface area contributed by atoms with Crippen LogP contribution in [0.1, 0.15) is 12.8 Å². The number of piperidine rings is 1. The highest BCUT2D eigenvalue weighted by molar-refractivity contribution is 7.80. The number of likely N-dealkylation sites (tertiary alicyclic amines) is 1. The Morgan fingerprint density at radius 2 is 2.09 bits per heavy atom. The Hall–Kier alpha value is 0.0500. The summed E-state index contributed by atoms with van der Waals surface area (Å²) >= 11 is 4.31. The molecule has 1 saturated heterocycles. The van der Waals surface area contributed by atoms with Crippen LogP contribution in [0.5, 0.6) is 0 Å². The predicted octanol–water partition coefficient (Wildman–Crippen LogP) is 1.81. The molecular weight excluding hydrogens is 154 g/mol. The Labute approximate surface area is 74.9 Å². The van der Waals surface area contributed by atoms with Gasteiger partial charge in [-0.25, -0.2) is 0 Å². The maximum Gasteiger partial charge on any atom is 0.0160 e. The van der Waals surface area contributed by atoms with E-state index >= 15 is 0 Å². The smallest absolute Gasteiger partial charge is 0.0160 e. The van der Waals surface area contributed by atoms with Crippen LogP contribution >= 0.6 is 12.6 Å². The highest BCUT2D eigenvalue weighted by atomic mass is 32.1. The maximum absolute atomic E-state index is 4.31. The largest absolute Gasteiger partial charge is 0.300 e. The van der Waals surface area contributed by atoms with E-state index in [4.69, 9.17) is 0 Å². The van der Waals surface area contributed by atoms with E-state index in [0.717, 1.165) is 18.2 Å². The van der Waals surface area contributed by atoms with Crippen molar-refractivity contribution < 1.29 is 0 Å². The van der Waals surface area contributed by atoms with E-state index in [1.54, 1.807) is 0 Å². The second-order valence-electron chi connectivity index (χ2n) is 3.22. The van der Waals surface area contributed by atoms with E-state index in [1.165, 1.54) is 25.9 Å². The third-order valence-electron chi connectivity index (χ3n) is 2.35. The first kappa shape index (κ1) is 9.14. The lowest BCUT2D eigenvalue weighted by molar-refractivity contribution is 0.212. The zero-order valence-electron chi connectivity index (χ0n) is 7.00. The first-order valence-corrected chi connectivity index (χ1v) is 4.94. The first-order chi connectivity index (χ1) is 5.36. The van der Waals surface area contributed by atoms with Gasteiger partial charge in [-0.15, -0.1) is 6.58 Å². The minimum atomic E-state index is 0.861. The number of thiol groups is 1. The molecule has 0 N–H and O–H groups in total. The monoisotopic (exact) mass is 171 g/mol. The molecule has 0 atom stereocenters. The van der Waals surface area contributed by atoms with Crippen LogP contribution in [0.2, 0.25) is 0 Å². The third kappa shape index (κ3) is 2.88. The highest BCUT2D eigenvalue weighted by Crippen LogP contribution is 2.17. The van der Waals surface area contributed by atoms with Gasteiger partial charge in [0.1, 0.15) is 0 Å². The van der Waals surface area contributed by atoms with Crippen LogP contribution in [0.4, 0.5) is 0 Å². The molecule has 0 aliphatic carbocycles. The second kappa shape index (κ2) is 4.83. The van der Waals surface area contributed by atoms with Gasteiger partial charge in [-0.3, -0.25) is 4.90 Å². The summed E-state index contributed by atoms with van der Waals surface area (Å²) in [5.74, 6) is 1.92. The van der Waals surface area contributed by atoms with Crippen LogP contribution in [-0.2, 0) is 0 Å². The molecule has 1 rings (SSSR count). The lowest BCUT2D eigenvalue weighted by Crippen LogP contribution is -2.34. The zero-order valence-corrected chi connectivity index (χ0v) is 7.89. The van der Waals surface area contributed by atoms with Gasteiger partial charge in [0.15, 0.2) is 0 Å². The van der Waals surface area contributed by atoms with Crippen molar-refractivity contribution in [1.82, 2.24) is 4.90 Å².